The van der Waals surface area contributed by atoms with E-state index in [2.05, 4.69) is 33.4 Å². The van der Waals surface area contributed by atoms with Gasteiger partial charge in [-0.1, -0.05) is 24.3 Å². The average Bonchev–Trinajstić information content (AvgIpc) is 3.24. The highest BCUT2D eigenvalue weighted by Crippen LogP contribution is 2.30. The summed E-state index contributed by atoms with van der Waals surface area (Å²) in [5.41, 5.74) is 5.76. The summed E-state index contributed by atoms with van der Waals surface area (Å²) in [6.07, 6.45) is 3.04. The van der Waals surface area contributed by atoms with Gasteiger partial charge in [0.15, 0.2) is 12.4 Å². The second-order valence-electron chi connectivity index (χ2n) is 6.06. The molecular formula is C20H14N4O. The molecule has 2 N–H and O–H groups in total. The molecule has 0 aliphatic carbocycles. The van der Waals surface area contributed by atoms with Gasteiger partial charge >= 0.3 is 0 Å². The van der Waals surface area contributed by atoms with Crippen LogP contribution in [0.2, 0.25) is 0 Å². The number of nitrogens with one attached hydrogen (secondary N) is 2. The van der Waals surface area contributed by atoms with E-state index in [1.54, 1.807) is 12.3 Å². The molecule has 3 heterocycles. The number of rotatable bonds is 2. The first-order valence-electron chi connectivity index (χ1n) is 8.03. The van der Waals surface area contributed by atoms with Crippen LogP contribution < -0.4 is 4.73 Å². The van der Waals surface area contributed by atoms with Gasteiger partial charge < -0.3 is 10.2 Å². The third kappa shape index (κ3) is 2.25. The topological polar surface area (TPSA) is 71.4 Å². The van der Waals surface area contributed by atoms with Crippen molar-refractivity contribution >= 4 is 21.8 Å². The second-order valence-corrected chi connectivity index (χ2v) is 6.06. The lowest BCUT2D eigenvalue weighted by molar-refractivity contribution is -0.604. The second kappa shape index (κ2) is 5.21. The van der Waals surface area contributed by atoms with Crippen LogP contribution in [0.25, 0.3) is 44.3 Å². The van der Waals surface area contributed by atoms with Gasteiger partial charge in [-0.05, 0) is 35.9 Å². The Morgan fingerprint density at radius 1 is 0.880 bits per heavy atom. The van der Waals surface area contributed by atoms with Gasteiger partial charge in [0.25, 0.3) is 0 Å². The van der Waals surface area contributed by atoms with Crippen molar-refractivity contribution in [2.75, 3.05) is 0 Å². The van der Waals surface area contributed by atoms with Crippen LogP contribution in [0.3, 0.4) is 0 Å². The highest BCUT2D eigenvalue weighted by Gasteiger charge is 2.12. The molecule has 0 saturated heterocycles. The largest absolute Gasteiger partial charge is 0.619 e. The van der Waals surface area contributed by atoms with Crippen LogP contribution in [0.5, 0.6) is 0 Å². The molecule has 0 atom stereocenters. The van der Waals surface area contributed by atoms with Crippen LogP contribution in [-0.2, 0) is 0 Å². The minimum Gasteiger partial charge on any atom is -0.619 e. The maximum Gasteiger partial charge on any atom is 0.188 e. The Hall–Kier alpha value is -3.60. The molecule has 0 unspecified atom stereocenters. The molecule has 3 aromatic heterocycles. The number of H-pyrrole nitrogens is 2. The molecule has 0 radical (unpaired) electrons. The number of aromatic amines is 2. The Morgan fingerprint density at radius 2 is 1.80 bits per heavy atom. The van der Waals surface area contributed by atoms with E-state index in [0.29, 0.717) is 0 Å². The fourth-order valence-electron chi connectivity index (χ4n) is 3.23. The van der Waals surface area contributed by atoms with E-state index in [-0.39, 0.29) is 0 Å². The summed E-state index contributed by atoms with van der Waals surface area (Å²) in [5, 5.41) is 21.3. The molecule has 0 amide bonds. The van der Waals surface area contributed by atoms with Gasteiger partial charge in [-0.25, -0.2) is 0 Å². The van der Waals surface area contributed by atoms with E-state index in [4.69, 9.17) is 0 Å². The Bertz CT molecular complexity index is 1190. The first-order valence-corrected chi connectivity index (χ1v) is 8.03. The molecule has 0 fully saturated rings. The van der Waals surface area contributed by atoms with Gasteiger partial charge in [-0.3, -0.25) is 5.10 Å². The zero-order valence-electron chi connectivity index (χ0n) is 13.2. The SMILES string of the molecule is [O-][n+]1cccc(-c2ccc3c(-c4cc5ccccc5[nH]4)n[nH]c3c2)c1. The molecule has 120 valence electrons. The first kappa shape index (κ1) is 13.8. The third-order valence-corrected chi connectivity index (χ3v) is 4.46. The van der Waals surface area contributed by atoms with Crippen LogP contribution >= 0.6 is 0 Å². The molecular weight excluding hydrogens is 312 g/mol. The fourth-order valence-corrected chi connectivity index (χ4v) is 3.23. The van der Waals surface area contributed by atoms with E-state index >= 15 is 0 Å². The van der Waals surface area contributed by atoms with E-state index in [9.17, 15) is 5.21 Å². The monoisotopic (exact) mass is 326 g/mol. The van der Waals surface area contributed by atoms with Crippen LogP contribution in [0.15, 0.2) is 73.1 Å². The normalized spacial score (nSPS) is 11.4. The molecule has 0 saturated carbocycles. The van der Waals surface area contributed by atoms with E-state index in [1.165, 1.54) is 6.20 Å². The molecule has 0 aliphatic rings. The summed E-state index contributed by atoms with van der Waals surface area (Å²) in [5.74, 6) is 0. The van der Waals surface area contributed by atoms with Crippen molar-refractivity contribution in [3.05, 3.63) is 78.3 Å². The zero-order chi connectivity index (χ0) is 16.8. The minimum absolute atomic E-state index is 0.808. The summed E-state index contributed by atoms with van der Waals surface area (Å²) in [6.45, 7) is 0. The molecule has 5 nitrogen and oxygen atoms in total. The lowest BCUT2D eigenvalue weighted by atomic mass is 10.0. The van der Waals surface area contributed by atoms with Crippen LogP contribution in [0.4, 0.5) is 0 Å². The van der Waals surface area contributed by atoms with Crippen molar-refractivity contribution < 1.29 is 4.73 Å². The van der Waals surface area contributed by atoms with Crippen molar-refractivity contribution in [3.8, 4) is 22.5 Å². The molecule has 2 aromatic carbocycles. The average molecular weight is 326 g/mol. The summed E-state index contributed by atoms with van der Waals surface area (Å²) in [4.78, 5) is 3.42. The summed E-state index contributed by atoms with van der Waals surface area (Å²) < 4.78 is 0.808. The Labute approximate surface area is 143 Å². The highest BCUT2D eigenvalue weighted by molar-refractivity contribution is 5.97. The number of para-hydroxylation sites is 1. The Morgan fingerprint density at radius 3 is 2.68 bits per heavy atom. The number of hydrogen-bond acceptors (Lipinski definition) is 2. The fraction of sp³-hybridized carbons (Fsp3) is 0. The predicted molar refractivity (Wildman–Crippen MR) is 97.8 cm³/mol. The van der Waals surface area contributed by atoms with Crippen LogP contribution in [0.1, 0.15) is 0 Å². The Balaban J connectivity index is 1.64. The number of hydrogen-bond donors (Lipinski definition) is 2. The Kier molecular flexibility index (Phi) is 2.87. The van der Waals surface area contributed by atoms with E-state index < -0.39 is 0 Å². The lowest BCUT2D eigenvalue weighted by Gasteiger charge is -2.02. The maximum atomic E-state index is 11.5. The van der Waals surface area contributed by atoms with Gasteiger partial charge in [0.2, 0.25) is 0 Å². The van der Waals surface area contributed by atoms with Gasteiger partial charge in [0.1, 0.15) is 5.69 Å². The third-order valence-electron chi connectivity index (χ3n) is 4.46. The van der Waals surface area contributed by atoms with Gasteiger partial charge in [-0.15, -0.1) is 0 Å². The number of pyridine rings is 1. The standard InChI is InChI=1S/C20H14N4O/c25-24-9-3-5-15(12-24)13-7-8-16-18(10-13)22-23-20(16)19-11-14-4-1-2-6-17(14)21-19/h1-12,21H,(H,22,23). The van der Waals surface area contributed by atoms with Crippen molar-refractivity contribution in [2.24, 2.45) is 0 Å². The van der Waals surface area contributed by atoms with Crippen molar-refractivity contribution in [1.29, 1.82) is 0 Å². The van der Waals surface area contributed by atoms with Crippen molar-refractivity contribution in [2.45, 2.75) is 0 Å². The minimum atomic E-state index is 0.808. The molecule has 5 heteroatoms. The number of benzene rings is 2. The van der Waals surface area contributed by atoms with Crippen molar-refractivity contribution in [1.82, 2.24) is 15.2 Å². The summed E-state index contributed by atoms with van der Waals surface area (Å²) in [7, 11) is 0. The molecule has 5 rings (SSSR count). The van der Waals surface area contributed by atoms with Crippen LogP contribution in [0, 0.1) is 5.21 Å². The van der Waals surface area contributed by atoms with E-state index in [1.807, 2.05) is 36.4 Å². The summed E-state index contributed by atoms with van der Waals surface area (Å²) >= 11 is 0. The number of fused-ring (bicyclic) bond motifs is 2. The van der Waals surface area contributed by atoms with Gasteiger partial charge in [0.05, 0.1) is 11.2 Å². The summed E-state index contributed by atoms with van der Waals surface area (Å²) in [6, 6.07) is 20.0. The number of nitrogens with zero attached hydrogens (tertiary/aromatic N) is 2. The molecule has 0 spiro atoms. The lowest BCUT2D eigenvalue weighted by Crippen LogP contribution is -2.23. The predicted octanol–water partition coefficient (Wildman–Crippen LogP) is 4.01. The number of aromatic nitrogens is 4. The van der Waals surface area contributed by atoms with Gasteiger partial charge in [0, 0.05) is 27.9 Å². The molecule has 25 heavy (non-hydrogen) atoms. The first-order chi connectivity index (χ1) is 12.3. The van der Waals surface area contributed by atoms with Crippen LogP contribution in [-0.4, -0.2) is 15.2 Å². The van der Waals surface area contributed by atoms with Gasteiger partial charge in [-0.2, -0.15) is 9.83 Å². The quantitative estimate of drug-likeness (QED) is 0.380. The molecule has 5 aromatic rings. The molecule has 0 aliphatic heterocycles. The zero-order valence-corrected chi connectivity index (χ0v) is 13.2. The molecule has 0 bridgehead atoms. The van der Waals surface area contributed by atoms with E-state index in [0.717, 1.165) is 49.1 Å². The van der Waals surface area contributed by atoms with Crippen molar-refractivity contribution in [3.63, 3.8) is 0 Å². The maximum absolute atomic E-state index is 11.5. The highest BCUT2D eigenvalue weighted by atomic mass is 16.5. The smallest absolute Gasteiger partial charge is 0.188 e.